The fourth-order valence-corrected chi connectivity index (χ4v) is 2.92. The van der Waals surface area contributed by atoms with E-state index in [1.54, 1.807) is 11.3 Å². The Hall–Kier alpha value is -1.34. The molecule has 4 heteroatoms. The fourth-order valence-electron chi connectivity index (χ4n) is 2.07. The lowest BCUT2D eigenvalue weighted by molar-refractivity contribution is -0.127. The van der Waals surface area contributed by atoms with Crippen molar-refractivity contribution in [1.82, 2.24) is 9.88 Å². The quantitative estimate of drug-likeness (QED) is 0.767. The molecule has 1 amide bonds. The molecular weight excluding hydrogens is 232 g/mol. The zero-order chi connectivity index (χ0) is 12.4. The van der Waals surface area contributed by atoms with Crippen molar-refractivity contribution in [3.63, 3.8) is 0 Å². The van der Waals surface area contributed by atoms with Crippen LogP contribution in [0.15, 0.2) is 5.38 Å². The molecule has 90 valence electrons. The first-order valence-corrected chi connectivity index (χ1v) is 6.64. The molecule has 1 aromatic rings. The van der Waals surface area contributed by atoms with Crippen LogP contribution in [0.3, 0.4) is 0 Å². The molecule has 3 nitrogen and oxygen atoms in total. The van der Waals surface area contributed by atoms with Gasteiger partial charge in [-0.3, -0.25) is 4.79 Å². The van der Waals surface area contributed by atoms with Gasteiger partial charge in [0.1, 0.15) is 0 Å². The second kappa shape index (κ2) is 4.89. The summed E-state index contributed by atoms with van der Waals surface area (Å²) in [4.78, 5) is 18.1. The molecule has 0 aromatic carbocycles. The van der Waals surface area contributed by atoms with Crippen molar-refractivity contribution in [1.29, 1.82) is 0 Å². The van der Waals surface area contributed by atoms with Gasteiger partial charge in [-0.2, -0.15) is 0 Å². The van der Waals surface area contributed by atoms with Crippen molar-refractivity contribution >= 4 is 17.2 Å². The summed E-state index contributed by atoms with van der Waals surface area (Å²) in [5.41, 5.74) is 1.05. The maximum absolute atomic E-state index is 11.7. The second-order valence-electron chi connectivity index (χ2n) is 4.59. The zero-order valence-electron chi connectivity index (χ0n) is 10.1. The van der Waals surface area contributed by atoms with Gasteiger partial charge >= 0.3 is 0 Å². The van der Waals surface area contributed by atoms with Crippen LogP contribution in [0.5, 0.6) is 0 Å². The summed E-state index contributed by atoms with van der Waals surface area (Å²) in [5, 5.41) is 3.14. The lowest BCUT2D eigenvalue weighted by atomic mass is 10.1. The number of terminal acetylenes is 1. The van der Waals surface area contributed by atoms with Crippen molar-refractivity contribution < 1.29 is 4.79 Å². The number of nitrogens with zero attached hydrogens (tertiary/aromatic N) is 2. The van der Waals surface area contributed by atoms with Gasteiger partial charge in [0.15, 0.2) is 0 Å². The highest BCUT2D eigenvalue weighted by molar-refractivity contribution is 7.09. The third-order valence-corrected chi connectivity index (χ3v) is 4.20. The van der Waals surface area contributed by atoms with E-state index in [1.165, 1.54) is 0 Å². The predicted octanol–water partition coefficient (Wildman–Crippen LogP) is 2.04. The van der Waals surface area contributed by atoms with Crippen LogP contribution in [-0.2, 0) is 4.79 Å². The molecule has 0 saturated carbocycles. The van der Waals surface area contributed by atoms with E-state index in [9.17, 15) is 4.79 Å². The SMILES string of the molecule is C#CC1CC(=O)N(CC(C)c2nc(C)cs2)C1. The van der Waals surface area contributed by atoms with Gasteiger partial charge in [0.05, 0.1) is 5.01 Å². The van der Waals surface area contributed by atoms with E-state index in [-0.39, 0.29) is 17.7 Å². The number of carbonyl (C=O) groups excluding carboxylic acids is 1. The number of aromatic nitrogens is 1. The molecule has 0 bridgehead atoms. The fraction of sp³-hybridized carbons (Fsp3) is 0.538. The highest BCUT2D eigenvalue weighted by atomic mass is 32.1. The summed E-state index contributed by atoms with van der Waals surface area (Å²) in [6.45, 7) is 5.52. The minimum atomic E-state index is 0.0905. The van der Waals surface area contributed by atoms with Gasteiger partial charge in [0.2, 0.25) is 5.91 Å². The molecule has 1 aliphatic heterocycles. The number of aryl methyl sites for hydroxylation is 1. The monoisotopic (exact) mass is 248 g/mol. The van der Waals surface area contributed by atoms with E-state index in [0.29, 0.717) is 13.0 Å². The van der Waals surface area contributed by atoms with Gasteiger partial charge < -0.3 is 4.90 Å². The molecule has 17 heavy (non-hydrogen) atoms. The van der Waals surface area contributed by atoms with E-state index in [4.69, 9.17) is 6.42 Å². The molecule has 1 fully saturated rings. The van der Waals surface area contributed by atoms with Crippen LogP contribution in [0.1, 0.15) is 30.0 Å². The summed E-state index contributed by atoms with van der Waals surface area (Å²) in [7, 11) is 0. The largest absolute Gasteiger partial charge is 0.341 e. The summed E-state index contributed by atoms with van der Waals surface area (Å²) in [6, 6.07) is 0. The Morgan fingerprint density at radius 2 is 2.53 bits per heavy atom. The molecular formula is C13H16N2OS. The molecule has 2 atom stereocenters. The standard InChI is InChI=1S/C13H16N2OS/c1-4-11-5-12(16)15(7-11)6-9(2)13-14-10(3)8-17-13/h1,8-9,11H,5-7H2,2-3H3. The van der Waals surface area contributed by atoms with E-state index < -0.39 is 0 Å². The topological polar surface area (TPSA) is 33.2 Å². The van der Waals surface area contributed by atoms with Gasteiger partial charge in [-0.05, 0) is 6.92 Å². The normalized spacial score (nSPS) is 21.6. The van der Waals surface area contributed by atoms with Crippen molar-refractivity contribution in [2.75, 3.05) is 13.1 Å². The Kier molecular flexibility index (Phi) is 3.49. The lowest BCUT2D eigenvalue weighted by Gasteiger charge is -2.19. The van der Waals surface area contributed by atoms with Crippen LogP contribution in [-0.4, -0.2) is 28.9 Å². The summed E-state index contributed by atoms with van der Waals surface area (Å²) >= 11 is 1.66. The van der Waals surface area contributed by atoms with Crippen molar-refractivity contribution in [2.45, 2.75) is 26.2 Å². The van der Waals surface area contributed by atoms with Crippen LogP contribution in [0.2, 0.25) is 0 Å². The first-order chi connectivity index (χ1) is 8.10. The molecule has 2 rings (SSSR count). The minimum Gasteiger partial charge on any atom is -0.341 e. The highest BCUT2D eigenvalue weighted by Gasteiger charge is 2.29. The highest BCUT2D eigenvalue weighted by Crippen LogP contribution is 2.24. The van der Waals surface area contributed by atoms with Gasteiger partial charge in [-0.15, -0.1) is 23.7 Å². The molecule has 2 unspecified atom stereocenters. The van der Waals surface area contributed by atoms with Gasteiger partial charge in [0.25, 0.3) is 0 Å². The molecule has 0 spiro atoms. The smallest absolute Gasteiger partial charge is 0.223 e. The van der Waals surface area contributed by atoms with Crippen molar-refractivity contribution in [2.24, 2.45) is 5.92 Å². The van der Waals surface area contributed by atoms with Crippen molar-refractivity contribution in [3.05, 3.63) is 16.1 Å². The average Bonchev–Trinajstić information content (AvgIpc) is 2.86. The Labute approximate surface area is 106 Å². The lowest BCUT2D eigenvalue weighted by Crippen LogP contribution is -2.29. The summed E-state index contributed by atoms with van der Waals surface area (Å²) in [6.07, 6.45) is 5.86. The van der Waals surface area contributed by atoms with Gasteiger partial charge in [0, 0.05) is 42.4 Å². The third kappa shape index (κ3) is 2.67. The van der Waals surface area contributed by atoms with E-state index in [2.05, 4.69) is 17.8 Å². The third-order valence-electron chi connectivity index (χ3n) is 3.00. The van der Waals surface area contributed by atoms with E-state index >= 15 is 0 Å². The first-order valence-electron chi connectivity index (χ1n) is 5.76. The number of thiazole rings is 1. The van der Waals surface area contributed by atoms with Crippen LogP contribution < -0.4 is 0 Å². The molecule has 1 aromatic heterocycles. The molecule has 0 aliphatic carbocycles. The first kappa shape index (κ1) is 12.1. The van der Waals surface area contributed by atoms with Gasteiger partial charge in [-0.25, -0.2) is 4.98 Å². The van der Waals surface area contributed by atoms with E-state index in [1.807, 2.05) is 17.2 Å². The van der Waals surface area contributed by atoms with Crippen LogP contribution in [0, 0.1) is 25.2 Å². The van der Waals surface area contributed by atoms with Crippen LogP contribution in [0.4, 0.5) is 0 Å². The van der Waals surface area contributed by atoms with Crippen LogP contribution in [0.25, 0.3) is 0 Å². The predicted molar refractivity (Wildman–Crippen MR) is 68.8 cm³/mol. The number of hydrogen-bond acceptors (Lipinski definition) is 3. The average molecular weight is 248 g/mol. The summed E-state index contributed by atoms with van der Waals surface area (Å²) < 4.78 is 0. The summed E-state index contributed by atoms with van der Waals surface area (Å²) in [5.74, 6) is 3.22. The van der Waals surface area contributed by atoms with E-state index in [0.717, 1.165) is 17.2 Å². The molecule has 0 N–H and O–H groups in total. The molecule has 1 saturated heterocycles. The number of likely N-dealkylation sites (tertiary alicyclic amines) is 1. The molecule has 0 radical (unpaired) electrons. The molecule has 2 heterocycles. The number of hydrogen-bond donors (Lipinski definition) is 0. The minimum absolute atomic E-state index is 0.0905. The Balaban J connectivity index is 1.98. The number of amides is 1. The maximum Gasteiger partial charge on any atom is 0.223 e. The zero-order valence-corrected chi connectivity index (χ0v) is 11.0. The second-order valence-corrected chi connectivity index (χ2v) is 5.48. The van der Waals surface area contributed by atoms with Crippen molar-refractivity contribution in [3.8, 4) is 12.3 Å². The molecule has 1 aliphatic rings. The number of rotatable bonds is 3. The maximum atomic E-state index is 11.7. The van der Waals surface area contributed by atoms with Crippen LogP contribution >= 0.6 is 11.3 Å². The number of carbonyl (C=O) groups is 1. The van der Waals surface area contributed by atoms with Gasteiger partial charge in [-0.1, -0.05) is 6.92 Å². The Bertz CT molecular complexity index is 460. The Morgan fingerprint density at radius 3 is 3.06 bits per heavy atom. The Morgan fingerprint density at radius 1 is 1.76 bits per heavy atom.